The number of benzene rings is 1. The minimum atomic E-state index is 0.598. The van der Waals surface area contributed by atoms with Crippen molar-refractivity contribution in [1.82, 2.24) is 9.73 Å². The maximum absolute atomic E-state index is 4.93. The summed E-state index contributed by atoms with van der Waals surface area (Å²) in [6.07, 6.45) is 3.39. The number of nitrogens with zero attached hydrogens (tertiary/aromatic N) is 2. The van der Waals surface area contributed by atoms with E-state index >= 15 is 0 Å². The van der Waals surface area contributed by atoms with E-state index in [0.717, 1.165) is 18.6 Å². The summed E-state index contributed by atoms with van der Waals surface area (Å²) >= 11 is 4.93. The molecule has 0 aromatic heterocycles. The number of rotatable bonds is 3. The first kappa shape index (κ1) is 11.5. The van der Waals surface area contributed by atoms with E-state index in [4.69, 9.17) is 12.8 Å². The molecule has 0 radical (unpaired) electrons. The van der Waals surface area contributed by atoms with Gasteiger partial charge >= 0.3 is 0 Å². The Morgan fingerprint density at radius 1 is 1.38 bits per heavy atom. The van der Waals surface area contributed by atoms with Crippen LogP contribution < -0.4 is 5.43 Å². The second-order valence-electron chi connectivity index (χ2n) is 4.01. The van der Waals surface area contributed by atoms with Crippen LogP contribution in [0, 0.1) is 0 Å². The van der Waals surface area contributed by atoms with Crippen LogP contribution in [0.3, 0.4) is 0 Å². The Bertz CT molecular complexity index is 388. The van der Waals surface area contributed by atoms with Crippen LogP contribution in [0.25, 0.3) is 0 Å². The third-order valence-corrected chi connectivity index (χ3v) is 2.82. The molecule has 16 heavy (non-hydrogen) atoms. The summed E-state index contributed by atoms with van der Waals surface area (Å²) in [6.45, 7) is 0.598. The fraction of sp³-hybridized carbons (Fsp3) is 0.417. The molecule has 1 aliphatic rings. The van der Waals surface area contributed by atoms with E-state index in [1.165, 1.54) is 17.5 Å². The Morgan fingerprint density at radius 3 is 3.00 bits per heavy atom. The summed E-state index contributed by atoms with van der Waals surface area (Å²) in [5, 5.41) is 4.42. The third-order valence-electron chi connectivity index (χ3n) is 2.70. The van der Waals surface area contributed by atoms with Gasteiger partial charge in [0.15, 0.2) is 0 Å². The van der Waals surface area contributed by atoms with Gasteiger partial charge in [-0.1, -0.05) is 24.3 Å². The van der Waals surface area contributed by atoms with Gasteiger partial charge < -0.3 is 17.1 Å². The standard InChI is InChI=1S/C12H16N3S/c1-15(16)9-13-14-12-8-4-6-10-5-2-3-7-11(10)12/h2-3,5,7,13H,4,6,8-9H2,1H3/q-1/b14-12+. The van der Waals surface area contributed by atoms with Crippen LogP contribution in [0.5, 0.6) is 0 Å². The van der Waals surface area contributed by atoms with Gasteiger partial charge in [-0.3, -0.25) is 5.43 Å². The summed E-state index contributed by atoms with van der Waals surface area (Å²) in [7, 11) is 1.84. The second kappa shape index (κ2) is 5.37. The van der Waals surface area contributed by atoms with Crippen molar-refractivity contribution in [3.63, 3.8) is 0 Å². The van der Waals surface area contributed by atoms with Crippen LogP contribution in [0.4, 0.5) is 0 Å². The van der Waals surface area contributed by atoms with E-state index in [1.807, 2.05) is 7.05 Å². The van der Waals surface area contributed by atoms with Crippen LogP contribution in [-0.4, -0.2) is 23.7 Å². The molecule has 0 amide bonds. The molecule has 1 aromatic carbocycles. The largest absolute Gasteiger partial charge is 0.700 e. The smallest absolute Gasteiger partial charge is 0.0678 e. The molecular weight excluding hydrogens is 218 g/mol. The normalized spacial score (nSPS) is 17.6. The van der Waals surface area contributed by atoms with E-state index in [9.17, 15) is 0 Å². The van der Waals surface area contributed by atoms with Gasteiger partial charge in [-0.05, 0) is 31.9 Å². The molecule has 1 aromatic rings. The number of aryl methyl sites for hydroxylation is 1. The van der Waals surface area contributed by atoms with Crippen LogP contribution >= 0.6 is 0 Å². The minimum Gasteiger partial charge on any atom is -0.700 e. The molecule has 0 saturated carbocycles. The van der Waals surface area contributed by atoms with Gasteiger partial charge in [0.2, 0.25) is 0 Å². The van der Waals surface area contributed by atoms with Gasteiger partial charge in [-0.2, -0.15) is 5.10 Å². The summed E-state index contributed by atoms with van der Waals surface area (Å²) in [4.78, 5) is 0. The number of hydrazone groups is 1. The van der Waals surface area contributed by atoms with Gasteiger partial charge in [-0.25, -0.2) is 0 Å². The van der Waals surface area contributed by atoms with Crippen molar-refractivity contribution in [2.45, 2.75) is 19.3 Å². The van der Waals surface area contributed by atoms with E-state index in [-0.39, 0.29) is 0 Å². The first-order valence-electron chi connectivity index (χ1n) is 5.53. The van der Waals surface area contributed by atoms with E-state index < -0.39 is 0 Å². The molecule has 0 aliphatic heterocycles. The monoisotopic (exact) mass is 234 g/mol. The lowest BCUT2D eigenvalue weighted by Crippen LogP contribution is -2.25. The number of nitrogens with one attached hydrogen (secondary N) is 1. The van der Waals surface area contributed by atoms with Crippen molar-refractivity contribution in [2.24, 2.45) is 5.10 Å². The Morgan fingerprint density at radius 2 is 2.19 bits per heavy atom. The zero-order valence-corrected chi connectivity index (χ0v) is 10.3. The average molecular weight is 234 g/mol. The number of hydrogen-bond donors (Lipinski definition) is 1. The molecule has 0 saturated heterocycles. The van der Waals surface area contributed by atoms with Crippen LogP contribution in [0.2, 0.25) is 0 Å². The van der Waals surface area contributed by atoms with E-state index in [2.05, 4.69) is 34.8 Å². The molecule has 0 spiro atoms. The van der Waals surface area contributed by atoms with E-state index in [0.29, 0.717) is 6.67 Å². The fourth-order valence-corrected chi connectivity index (χ4v) is 2.01. The maximum atomic E-state index is 4.93. The quantitative estimate of drug-likeness (QED) is 0.490. The summed E-state index contributed by atoms with van der Waals surface area (Å²) in [5.74, 6) is 0. The van der Waals surface area contributed by atoms with Gasteiger partial charge in [0.1, 0.15) is 0 Å². The van der Waals surface area contributed by atoms with Crippen molar-refractivity contribution >= 4 is 18.5 Å². The SMILES string of the molecule is CN([S-])CN/N=C1\CCCc2ccccc21. The summed E-state index contributed by atoms with van der Waals surface area (Å²) in [6, 6.07) is 8.49. The Labute approximate surface area is 102 Å². The predicted molar refractivity (Wildman–Crippen MR) is 69.0 cm³/mol. The molecule has 0 bridgehead atoms. The molecule has 1 aliphatic carbocycles. The van der Waals surface area contributed by atoms with Crippen LogP contribution in [0.15, 0.2) is 29.4 Å². The zero-order valence-electron chi connectivity index (χ0n) is 9.44. The highest BCUT2D eigenvalue weighted by Gasteiger charge is 2.14. The predicted octanol–water partition coefficient (Wildman–Crippen LogP) is 1.67. The lowest BCUT2D eigenvalue weighted by molar-refractivity contribution is 0.505. The molecule has 1 N–H and O–H groups in total. The summed E-state index contributed by atoms with van der Waals surface area (Å²) in [5.41, 5.74) is 6.85. The zero-order chi connectivity index (χ0) is 11.4. The topological polar surface area (TPSA) is 27.6 Å². The first-order chi connectivity index (χ1) is 7.77. The highest BCUT2D eigenvalue weighted by molar-refractivity contribution is 7.55. The molecule has 86 valence electrons. The van der Waals surface area contributed by atoms with Crippen molar-refractivity contribution in [1.29, 1.82) is 0 Å². The molecule has 2 rings (SSSR count). The Hall–Kier alpha value is -1.00. The molecule has 0 heterocycles. The van der Waals surface area contributed by atoms with Crippen molar-refractivity contribution in [3.05, 3.63) is 35.4 Å². The van der Waals surface area contributed by atoms with Crippen molar-refractivity contribution in [3.8, 4) is 0 Å². The van der Waals surface area contributed by atoms with Crippen LogP contribution in [-0.2, 0) is 19.2 Å². The summed E-state index contributed by atoms with van der Waals surface area (Å²) < 4.78 is 1.65. The lowest BCUT2D eigenvalue weighted by Gasteiger charge is -2.23. The molecular formula is C12H16N3S-. The number of hydrogen-bond acceptors (Lipinski definition) is 4. The van der Waals surface area contributed by atoms with Gasteiger partial charge in [0.25, 0.3) is 0 Å². The van der Waals surface area contributed by atoms with Gasteiger partial charge in [0.05, 0.1) is 12.4 Å². The van der Waals surface area contributed by atoms with Crippen molar-refractivity contribution < 1.29 is 0 Å². The molecule has 4 heteroatoms. The Kier molecular flexibility index (Phi) is 3.85. The van der Waals surface area contributed by atoms with E-state index in [1.54, 1.807) is 4.31 Å². The Balaban J connectivity index is 2.12. The van der Waals surface area contributed by atoms with Gasteiger partial charge in [-0.15, -0.1) is 0 Å². The molecule has 0 atom stereocenters. The highest BCUT2D eigenvalue weighted by atomic mass is 32.1. The minimum absolute atomic E-state index is 0.598. The highest BCUT2D eigenvalue weighted by Crippen LogP contribution is 2.20. The fourth-order valence-electron chi connectivity index (χ4n) is 1.95. The first-order valence-corrected chi connectivity index (χ1v) is 5.90. The number of fused-ring (bicyclic) bond motifs is 1. The average Bonchev–Trinajstić information content (AvgIpc) is 2.29. The van der Waals surface area contributed by atoms with Crippen LogP contribution in [0.1, 0.15) is 24.0 Å². The van der Waals surface area contributed by atoms with Gasteiger partial charge in [0, 0.05) is 5.56 Å². The molecule has 3 nitrogen and oxygen atoms in total. The molecule has 0 unspecified atom stereocenters. The second-order valence-corrected chi connectivity index (χ2v) is 4.64. The van der Waals surface area contributed by atoms with Crippen molar-refractivity contribution in [2.75, 3.05) is 13.7 Å². The third kappa shape index (κ3) is 2.77. The lowest BCUT2D eigenvalue weighted by atomic mass is 9.90. The molecule has 0 fully saturated rings. The maximum Gasteiger partial charge on any atom is 0.0678 e.